The van der Waals surface area contributed by atoms with Crippen molar-refractivity contribution in [2.45, 2.75) is 19.4 Å². The highest BCUT2D eigenvalue weighted by Crippen LogP contribution is 2.22. The van der Waals surface area contributed by atoms with Crippen LogP contribution in [-0.4, -0.2) is 20.6 Å². The minimum absolute atomic E-state index is 0.156. The van der Waals surface area contributed by atoms with Crippen LogP contribution in [0.25, 0.3) is 11.3 Å². The van der Waals surface area contributed by atoms with Crippen LogP contribution in [0.5, 0.6) is 0 Å². The van der Waals surface area contributed by atoms with E-state index in [9.17, 15) is 14.7 Å². The van der Waals surface area contributed by atoms with E-state index in [0.29, 0.717) is 29.9 Å². The third kappa shape index (κ3) is 1.83. The Kier molecular flexibility index (Phi) is 2.67. The van der Waals surface area contributed by atoms with E-state index in [0.717, 1.165) is 6.42 Å². The number of carboxylic acid groups (broad SMARTS) is 1. The smallest absolute Gasteiger partial charge is 0.337 e. The lowest BCUT2D eigenvalue weighted by atomic mass is 10.1. The summed E-state index contributed by atoms with van der Waals surface area (Å²) in [5.41, 5.74) is 1.53. The number of aromatic nitrogens is 2. The normalized spacial score (nSPS) is 13.3. The highest BCUT2D eigenvalue weighted by molar-refractivity contribution is 5.90. The van der Waals surface area contributed by atoms with Gasteiger partial charge >= 0.3 is 5.97 Å². The molecular formula is C14H12N2O3. The van der Waals surface area contributed by atoms with Gasteiger partial charge in [-0.15, -0.1) is 0 Å². The number of carbonyl (C=O) groups is 1. The Bertz CT molecular complexity index is 705. The van der Waals surface area contributed by atoms with Crippen LogP contribution in [0, 0.1) is 0 Å². The number of nitrogens with zero attached hydrogens (tertiary/aromatic N) is 2. The Morgan fingerprint density at radius 1 is 1.37 bits per heavy atom. The predicted octanol–water partition coefficient (Wildman–Crippen LogP) is 1.55. The maximum atomic E-state index is 12.4. The summed E-state index contributed by atoms with van der Waals surface area (Å²) in [4.78, 5) is 27.8. The highest BCUT2D eigenvalue weighted by atomic mass is 16.4. The molecule has 2 aromatic heterocycles. The third-order valence-electron chi connectivity index (χ3n) is 3.37. The van der Waals surface area contributed by atoms with Gasteiger partial charge in [-0.3, -0.25) is 9.78 Å². The van der Waals surface area contributed by atoms with Gasteiger partial charge in [0.2, 0.25) is 0 Å². The first kappa shape index (κ1) is 11.6. The first-order valence-corrected chi connectivity index (χ1v) is 6.10. The molecule has 0 bridgehead atoms. The van der Waals surface area contributed by atoms with Crippen LogP contribution >= 0.6 is 0 Å². The number of fused-ring (bicyclic) bond motifs is 1. The number of carboxylic acids is 1. The Balaban J connectivity index is 2.30. The topological polar surface area (TPSA) is 72.2 Å². The molecule has 0 aliphatic carbocycles. The molecule has 96 valence electrons. The van der Waals surface area contributed by atoms with Crippen LogP contribution in [0.15, 0.2) is 35.3 Å². The molecule has 5 heteroatoms. The van der Waals surface area contributed by atoms with Gasteiger partial charge in [0.1, 0.15) is 0 Å². The van der Waals surface area contributed by atoms with Crippen molar-refractivity contribution in [3.8, 4) is 11.3 Å². The van der Waals surface area contributed by atoms with Crippen molar-refractivity contribution in [2.75, 3.05) is 0 Å². The van der Waals surface area contributed by atoms with E-state index in [1.54, 1.807) is 29.0 Å². The standard InChI is InChI=1S/C14H12N2O3/c17-13-9(11-4-1-2-6-15-11)8-10(14(18)19)12-5-3-7-16(12)13/h1-2,4,6,8H,3,5,7H2,(H,18,19). The van der Waals surface area contributed by atoms with Crippen LogP contribution in [0.3, 0.4) is 0 Å². The Labute approximate surface area is 109 Å². The zero-order valence-corrected chi connectivity index (χ0v) is 10.2. The minimum atomic E-state index is -0.997. The molecule has 1 aliphatic heterocycles. The van der Waals surface area contributed by atoms with E-state index >= 15 is 0 Å². The van der Waals surface area contributed by atoms with E-state index in [1.165, 1.54) is 6.07 Å². The summed E-state index contributed by atoms with van der Waals surface area (Å²) < 4.78 is 1.56. The summed E-state index contributed by atoms with van der Waals surface area (Å²) in [6.07, 6.45) is 3.04. The molecule has 0 saturated heterocycles. The van der Waals surface area contributed by atoms with Crippen LogP contribution in [0.1, 0.15) is 22.5 Å². The summed E-state index contributed by atoms with van der Waals surface area (Å²) in [5, 5.41) is 9.28. The van der Waals surface area contributed by atoms with Gasteiger partial charge in [-0.05, 0) is 31.0 Å². The molecule has 19 heavy (non-hydrogen) atoms. The summed E-state index contributed by atoms with van der Waals surface area (Å²) in [6, 6.07) is 6.70. The maximum Gasteiger partial charge on any atom is 0.337 e. The van der Waals surface area contributed by atoms with Crippen molar-refractivity contribution in [3.05, 3.63) is 52.1 Å². The molecule has 0 saturated carbocycles. The fourth-order valence-corrected chi connectivity index (χ4v) is 2.50. The van der Waals surface area contributed by atoms with Crippen molar-refractivity contribution in [3.63, 3.8) is 0 Å². The second-order valence-electron chi connectivity index (χ2n) is 4.50. The van der Waals surface area contributed by atoms with Crippen molar-refractivity contribution in [1.82, 2.24) is 9.55 Å². The molecule has 0 spiro atoms. The molecule has 0 amide bonds. The van der Waals surface area contributed by atoms with Gasteiger partial charge in [-0.1, -0.05) is 6.07 Å². The lowest BCUT2D eigenvalue weighted by Gasteiger charge is -2.09. The van der Waals surface area contributed by atoms with E-state index in [2.05, 4.69) is 4.98 Å². The van der Waals surface area contributed by atoms with Gasteiger partial charge in [0, 0.05) is 18.4 Å². The molecule has 0 unspecified atom stereocenters. The molecule has 3 heterocycles. The van der Waals surface area contributed by atoms with Gasteiger partial charge in [0.15, 0.2) is 0 Å². The lowest BCUT2D eigenvalue weighted by Crippen LogP contribution is -2.24. The van der Waals surface area contributed by atoms with Crippen LogP contribution in [-0.2, 0) is 13.0 Å². The predicted molar refractivity (Wildman–Crippen MR) is 69.2 cm³/mol. The molecule has 0 fully saturated rings. The van der Waals surface area contributed by atoms with Crippen LogP contribution in [0.2, 0.25) is 0 Å². The molecule has 1 N–H and O–H groups in total. The minimum Gasteiger partial charge on any atom is -0.478 e. The van der Waals surface area contributed by atoms with Gasteiger partial charge < -0.3 is 9.67 Å². The van der Waals surface area contributed by atoms with Crippen molar-refractivity contribution in [2.24, 2.45) is 0 Å². The van der Waals surface area contributed by atoms with E-state index < -0.39 is 5.97 Å². The van der Waals surface area contributed by atoms with E-state index in [4.69, 9.17) is 0 Å². The molecule has 0 atom stereocenters. The van der Waals surface area contributed by atoms with E-state index in [1.807, 2.05) is 0 Å². The Morgan fingerprint density at radius 3 is 2.89 bits per heavy atom. The largest absolute Gasteiger partial charge is 0.478 e. The summed E-state index contributed by atoms with van der Waals surface area (Å²) >= 11 is 0. The third-order valence-corrected chi connectivity index (χ3v) is 3.37. The average molecular weight is 256 g/mol. The average Bonchev–Trinajstić information content (AvgIpc) is 2.89. The summed E-state index contributed by atoms with van der Waals surface area (Å²) in [7, 11) is 0. The molecule has 0 aromatic carbocycles. The van der Waals surface area contributed by atoms with E-state index in [-0.39, 0.29) is 11.1 Å². The molecule has 3 rings (SSSR count). The maximum absolute atomic E-state index is 12.4. The zero-order chi connectivity index (χ0) is 13.4. The lowest BCUT2D eigenvalue weighted by molar-refractivity contribution is 0.0695. The zero-order valence-electron chi connectivity index (χ0n) is 10.2. The SMILES string of the molecule is O=C(O)c1cc(-c2ccccn2)c(=O)n2c1CCC2. The number of hydrogen-bond donors (Lipinski definition) is 1. The van der Waals surface area contributed by atoms with Crippen LogP contribution in [0.4, 0.5) is 0 Å². The molecular weight excluding hydrogens is 244 g/mol. The second kappa shape index (κ2) is 4.35. The number of pyridine rings is 2. The van der Waals surface area contributed by atoms with Crippen molar-refractivity contribution < 1.29 is 9.90 Å². The highest BCUT2D eigenvalue weighted by Gasteiger charge is 2.23. The van der Waals surface area contributed by atoms with Gasteiger partial charge in [0.25, 0.3) is 5.56 Å². The fourth-order valence-electron chi connectivity index (χ4n) is 2.50. The molecule has 0 radical (unpaired) electrons. The molecule has 5 nitrogen and oxygen atoms in total. The second-order valence-corrected chi connectivity index (χ2v) is 4.50. The van der Waals surface area contributed by atoms with Gasteiger partial charge in [-0.2, -0.15) is 0 Å². The fraction of sp³-hybridized carbons (Fsp3) is 0.214. The quantitative estimate of drug-likeness (QED) is 0.885. The number of aromatic carboxylic acids is 1. The van der Waals surface area contributed by atoms with Crippen LogP contribution < -0.4 is 5.56 Å². The molecule has 1 aliphatic rings. The monoisotopic (exact) mass is 256 g/mol. The first-order chi connectivity index (χ1) is 9.18. The Hall–Kier alpha value is -2.43. The number of rotatable bonds is 2. The van der Waals surface area contributed by atoms with Gasteiger partial charge in [-0.25, -0.2) is 4.79 Å². The first-order valence-electron chi connectivity index (χ1n) is 6.10. The summed E-state index contributed by atoms with van der Waals surface area (Å²) in [6.45, 7) is 0.578. The van der Waals surface area contributed by atoms with Crippen molar-refractivity contribution in [1.29, 1.82) is 0 Å². The van der Waals surface area contributed by atoms with Gasteiger partial charge in [0.05, 0.1) is 16.8 Å². The number of hydrogen-bond acceptors (Lipinski definition) is 3. The summed E-state index contributed by atoms with van der Waals surface area (Å²) in [5.74, 6) is -0.997. The molecule has 2 aromatic rings. The van der Waals surface area contributed by atoms with Crippen molar-refractivity contribution >= 4 is 5.97 Å². The Morgan fingerprint density at radius 2 is 2.21 bits per heavy atom.